The number of para-hydroxylation sites is 2. The van der Waals surface area contributed by atoms with Crippen molar-refractivity contribution >= 4 is 82.5 Å². The summed E-state index contributed by atoms with van der Waals surface area (Å²) in [7, 11) is 0. The Morgan fingerprint density at radius 3 is 1.51 bits per heavy atom. The highest BCUT2D eigenvalue weighted by molar-refractivity contribution is 6.26. The van der Waals surface area contributed by atoms with E-state index in [0.717, 1.165) is 77.6 Å². The number of nitrogens with zero attached hydrogens (tertiary/aromatic N) is 4. The summed E-state index contributed by atoms with van der Waals surface area (Å²) in [5.74, 6) is 1.49. The van der Waals surface area contributed by atoms with Crippen molar-refractivity contribution in [3.8, 4) is 67.1 Å². The number of aromatic nitrogens is 2. The van der Waals surface area contributed by atoms with E-state index in [0.29, 0.717) is 6.67 Å². The Morgan fingerprint density at radius 1 is 0.312 bits per heavy atom. The number of anilines is 4. The molecule has 3 aromatic heterocycles. The van der Waals surface area contributed by atoms with Crippen molar-refractivity contribution in [2.45, 2.75) is 0 Å². The minimum atomic E-state index is 0.596. The third-order valence-corrected chi connectivity index (χ3v) is 16.0. The van der Waals surface area contributed by atoms with Crippen LogP contribution in [0.3, 0.4) is 0 Å². The molecule has 0 saturated carbocycles. The predicted molar refractivity (Wildman–Crippen MR) is 321 cm³/mol. The summed E-state index contributed by atoms with van der Waals surface area (Å²) in [4.78, 5) is 10.3. The maximum absolute atomic E-state index is 7.19. The highest BCUT2D eigenvalue weighted by Crippen LogP contribution is 2.58. The molecular formula is C72H46N4O. The number of pyridine rings is 1. The van der Waals surface area contributed by atoms with Gasteiger partial charge in [0.2, 0.25) is 0 Å². The fourth-order valence-electron chi connectivity index (χ4n) is 12.7. The second kappa shape index (κ2) is 17.2. The van der Waals surface area contributed by atoms with E-state index >= 15 is 0 Å². The minimum Gasteiger partial charge on any atom is -0.457 e. The van der Waals surface area contributed by atoms with Gasteiger partial charge in [-0.15, -0.1) is 0 Å². The molecule has 0 atom stereocenters. The summed E-state index contributed by atoms with van der Waals surface area (Å²) in [6.45, 7) is 0.596. The van der Waals surface area contributed by atoms with E-state index in [2.05, 4.69) is 275 Å². The Hall–Kier alpha value is -10.2. The molecule has 0 radical (unpaired) electrons. The number of benzene rings is 11. The first-order chi connectivity index (χ1) is 38.2. The molecule has 77 heavy (non-hydrogen) atoms. The Labute approximate surface area is 445 Å². The molecular weight excluding hydrogens is 937 g/mol. The number of fused-ring (bicyclic) bond motifs is 15. The first kappa shape index (κ1) is 43.2. The molecule has 5 nitrogen and oxygen atoms in total. The van der Waals surface area contributed by atoms with Crippen molar-refractivity contribution in [3.63, 3.8) is 0 Å². The van der Waals surface area contributed by atoms with Gasteiger partial charge in [-0.1, -0.05) is 194 Å². The van der Waals surface area contributed by atoms with E-state index < -0.39 is 0 Å². The molecule has 0 spiro atoms. The summed E-state index contributed by atoms with van der Waals surface area (Å²) >= 11 is 0. The van der Waals surface area contributed by atoms with Gasteiger partial charge < -0.3 is 14.5 Å². The SMILES string of the molecule is c1ccc(-c2cc3c4ccccc4c4ccccc4c4cccnc4n4c5cc(Oc6ccc7c(c6)N6CN(c8c(-c9ccccc9)cccc8-c8ccccc8)c8cccc(c86)-c6ccccc6-7)ccc5c(c2)c34)cc1. The van der Waals surface area contributed by atoms with E-state index in [9.17, 15) is 0 Å². The normalized spacial score (nSPS) is 12.6. The van der Waals surface area contributed by atoms with Crippen molar-refractivity contribution in [2.75, 3.05) is 16.5 Å². The number of rotatable bonds is 6. The summed E-state index contributed by atoms with van der Waals surface area (Å²) in [5.41, 5.74) is 19.4. The molecule has 360 valence electrons. The van der Waals surface area contributed by atoms with Crippen molar-refractivity contribution in [3.05, 3.63) is 267 Å². The predicted octanol–water partition coefficient (Wildman–Crippen LogP) is 19.4. The number of hydrogen-bond donors (Lipinski definition) is 0. The Bertz CT molecular complexity index is 4700. The topological polar surface area (TPSA) is 33.0 Å². The second-order valence-corrected chi connectivity index (χ2v) is 20.2. The van der Waals surface area contributed by atoms with Crippen LogP contribution in [0.1, 0.15) is 0 Å². The van der Waals surface area contributed by atoms with E-state index in [-0.39, 0.29) is 0 Å². The molecule has 0 N–H and O–H groups in total. The second-order valence-electron chi connectivity index (χ2n) is 20.2. The smallest absolute Gasteiger partial charge is 0.145 e. The summed E-state index contributed by atoms with van der Waals surface area (Å²) in [6, 6.07) is 94.5. The molecule has 2 aliphatic rings. The Morgan fingerprint density at radius 2 is 0.818 bits per heavy atom. The molecule has 11 aromatic carbocycles. The summed E-state index contributed by atoms with van der Waals surface area (Å²) in [5, 5.41) is 9.17. The Balaban J connectivity index is 0.906. The lowest BCUT2D eigenvalue weighted by Gasteiger charge is -2.28. The van der Waals surface area contributed by atoms with Crippen LogP contribution < -0.4 is 14.5 Å². The van der Waals surface area contributed by atoms with Crippen LogP contribution in [0.2, 0.25) is 0 Å². The number of ether oxygens (including phenoxy) is 1. The summed E-state index contributed by atoms with van der Waals surface area (Å²) < 4.78 is 9.58. The third kappa shape index (κ3) is 6.70. The molecule has 0 amide bonds. The molecule has 0 unspecified atom stereocenters. The van der Waals surface area contributed by atoms with Crippen molar-refractivity contribution in [1.82, 2.24) is 9.38 Å². The van der Waals surface area contributed by atoms with Gasteiger partial charge in [0.1, 0.15) is 23.8 Å². The molecule has 14 aromatic rings. The third-order valence-electron chi connectivity index (χ3n) is 16.0. The standard InChI is InChI=1S/C72H46N4O/c1-4-19-46(20-5-1)49-41-64-59-30-15-11-26-55(59)54-25-10-14-29-58(54)63-34-18-40-73-72(63)76-68-44-51(37-39-61(68)65(42-49)70(64)76)77-50-36-38-60-56-27-12-13-28-57(56)62-33-17-35-66-71(62)75(67(60)43-50)45-74(66)69-52(47-21-6-2-7-22-47)31-16-32-53(69)48-23-8-3-9-24-48/h1-44H,45H2. The quantitative estimate of drug-likeness (QED) is 0.166. The van der Waals surface area contributed by atoms with Gasteiger partial charge in [0.15, 0.2) is 0 Å². The van der Waals surface area contributed by atoms with E-state index in [4.69, 9.17) is 9.72 Å². The van der Waals surface area contributed by atoms with E-state index in [1.165, 1.54) is 72.0 Å². The molecule has 2 aliphatic heterocycles. The fraction of sp³-hybridized carbons (Fsp3) is 0.0139. The van der Waals surface area contributed by atoms with E-state index in [1.807, 2.05) is 6.20 Å². The number of hydrogen-bond acceptors (Lipinski definition) is 4. The van der Waals surface area contributed by atoms with Crippen molar-refractivity contribution in [2.24, 2.45) is 0 Å². The largest absolute Gasteiger partial charge is 0.457 e. The summed E-state index contributed by atoms with van der Waals surface area (Å²) in [6.07, 6.45) is 1.92. The minimum absolute atomic E-state index is 0.596. The van der Waals surface area contributed by atoms with E-state index in [1.54, 1.807) is 0 Å². The first-order valence-corrected chi connectivity index (χ1v) is 26.4. The molecule has 0 fully saturated rings. The fourth-order valence-corrected chi connectivity index (χ4v) is 12.7. The van der Waals surface area contributed by atoms with Crippen LogP contribution in [-0.2, 0) is 0 Å². The highest BCUT2D eigenvalue weighted by Gasteiger charge is 2.37. The van der Waals surface area contributed by atoms with Gasteiger partial charge >= 0.3 is 0 Å². The van der Waals surface area contributed by atoms with Gasteiger partial charge in [-0.05, 0) is 110 Å². The molecule has 5 heterocycles. The van der Waals surface area contributed by atoms with Gasteiger partial charge in [0, 0.05) is 62.1 Å². The first-order valence-electron chi connectivity index (χ1n) is 26.4. The van der Waals surface area contributed by atoms with Crippen LogP contribution in [-0.4, -0.2) is 16.1 Å². The van der Waals surface area contributed by atoms with Crippen LogP contribution in [0.5, 0.6) is 11.5 Å². The zero-order chi connectivity index (χ0) is 50.6. The van der Waals surface area contributed by atoms with Gasteiger partial charge in [0.25, 0.3) is 0 Å². The maximum atomic E-state index is 7.19. The van der Waals surface area contributed by atoms with Crippen molar-refractivity contribution in [1.29, 1.82) is 0 Å². The lowest BCUT2D eigenvalue weighted by atomic mass is 9.93. The molecule has 0 aliphatic carbocycles. The average Bonchev–Trinajstić information content (AvgIpc) is 4.27. The zero-order valence-electron chi connectivity index (χ0n) is 41.8. The van der Waals surface area contributed by atoms with Gasteiger partial charge in [-0.3, -0.25) is 4.40 Å². The monoisotopic (exact) mass is 982 g/mol. The zero-order valence-corrected chi connectivity index (χ0v) is 41.8. The molecule has 5 heteroatoms. The molecule has 0 saturated heterocycles. The lowest BCUT2D eigenvalue weighted by molar-refractivity contribution is 0.483. The van der Waals surface area contributed by atoms with Crippen LogP contribution in [0, 0.1) is 0 Å². The van der Waals surface area contributed by atoms with Crippen LogP contribution >= 0.6 is 0 Å². The van der Waals surface area contributed by atoms with Crippen LogP contribution in [0.25, 0.3) is 115 Å². The average molecular weight is 983 g/mol. The van der Waals surface area contributed by atoms with Crippen LogP contribution in [0.15, 0.2) is 267 Å². The highest BCUT2D eigenvalue weighted by atomic mass is 16.5. The Kier molecular flexibility index (Phi) is 9.63. The van der Waals surface area contributed by atoms with Gasteiger partial charge in [-0.25, -0.2) is 4.98 Å². The maximum Gasteiger partial charge on any atom is 0.145 e. The van der Waals surface area contributed by atoms with Gasteiger partial charge in [-0.2, -0.15) is 0 Å². The van der Waals surface area contributed by atoms with Gasteiger partial charge in [0.05, 0.1) is 33.8 Å². The molecule has 16 rings (SSSR count). The lowest BCUT2D eigenvalue weighted by Crippen LogP contribution is -2.25. The molecule has 0 bridgehead atoms. The van der Waals surface area contributed by atoms with Crippen LogP contribution in [0.4, 0.5) is 22.7 Å². The van der Waals surface area contributed by atoms with Crippen molar-refractivity contribution < 1.29 is 4.74 Å².